The first-order valence-electron chi connectivity index (χ1n) is 9.90. The maximum absolute atomic E-state index is 12.6. The molecule has 17 heteroatoms. The zero-order valence-corrected chi connectivity index (χ0v) is 22.2. The van der Waals surface area contributed by atoms with Crippen molar-refractivity contribution in [3.8, 4) is 34.2 Å². The monoisotopic (exact) mass is 536 g/mol. The van der Waals surface area contributed by atoms with Crippen molar-refractivity contribution in [1.82, 2.24) is 20.6 Å². The molecule has 35 heavy (non-hydrogen) atoms. The van der Waals surface area contributed by atoms with E-state index < -0.39 is 27.3 Å². The summed E-state index contributed by atoms with van der Waals surface area (Å²) in [5, 5.41) is 10.2. The number of hydrogen-bond acceptors (Lipinski definition) is 13. The fourth-order valence-corrected chi connectivity index (χ4v) is 5.28. The second-order valence-electron chi connectivity index (χ2n) is 7.43. The third kappa shape index (κ3) is 5.61. The molecule has 0 saturated carbocycles. The summed E-state index contributed by atoms with van der Waals surface area (Å²) in [5.41, 5.74) is 0.159. The molecule has 1 aliphatic heterocycles. The van der Waals surface area contributed by atoms with Crippen LogP contribution < -0.4 is 24.2 Å². The molecule has 0 spiro atoms. The molecular weight excluding hydrogens is 518 g/mol. The molecular formula is C18H18MgN4O10P2. The Labute approximate surface area is 214 Å². The Hall–Kier alpha value is -2.25. The number of benzene rings is 1. The molecule has 1 aliphatic rings. The number of phosphoric acid groups is 2. The standard InChI is InChI=1S/C18H20N4O10P2.Mg/c1-5-19-18(23)15-14(17-20-9(4)28-22-17)16(29-21-15)11-6-10(8(2)3)12-7-13(11)31-34(26,27)32-33(24,25)30-12;/h6-8H,5H2,1-4H3,(H,19,23)(H,24,25)(H,26,27);/q;+2/p-2. The van der Waals surface area contributed by atoms with Gasteiger partial charge in [0.25, 0.3) is 5.91 Å². The SMILES string of the molecule is CCNC(=O)c1noc(-c2cc(C(C)C)c3cc2OP(=O)([O-])OP(=O)([O-])O3)c1-c1noc(C)n1.[Mg+2]. The number of rotatable bonds is 5. The van der Waals surface area contributed by atoms with E-state index in [0.29, 0.717) is 5.56 Å². The van der Waals surface area contributed by atoms with Gasteiger partial charge >= 0.3 is 38.7 Å². The van der Waals surface area contributed by atoms with Gasteiger partial charge in [0.1, 0.15) is 17.1 Å². The summed E-state index contributed by atoms with van der Waals surface area (Å²) in [6, 6.07) is 2.47. The molecule has 2 aromatic heterocycles. The van der Waals surface area contributed by atoms with Crippen molar-refractivity contribution < 1.29 is 46.1 Å². The van der Waals surface area contributed by atoms with Crippen LogP contribution in [0.5, 0.6) is 11.5 Å². The third-order valence-corrected chi connectivity index (χ3v) is 7.04. The van der Waals surface area contributed by atoms with Crippen molar-refractivity contribution in [2.24, 2.45) is 0 Å². The maximum atomic E-state index is 12.6. The van der Waals surface area contributed by atoms with Crippen LogP contribution in [0.3, 0.4) is 0 Å². The first kappa shape index (κ1) is 27.3. The molecule has 0 aliphatic carbocycles. The van der Waals surface area contributed by atoms with Crippen molar-refractivity contribution in [2.45, 2.75) is 33.6 Å². The van der Waals surface area contributed by atoms with E-state index in [1.54, 1.807) is 20.8 Å². The normalized spacial score (nSPS) is 21.3. The molecule has 0 saturated heterocycles. The number of nitrogens with zero attached hydrogens (tertiary/aromatic N) is 3. The van der Waals surface area contributed by atoms with Crippen molar-refractivity contribution in [3.63, 3.8) is 0 Å². The number of carbonyl (C=O) groups is 1. The summed E-state index contributed by atoms with van der Waals surface area (Å²) in [7, 11) is -10.7. The molecule has 2 unspecified atom stereocenters. The quantitative estimate of drug-likeness (QED) is 0.366. The molecule has 2 atom stereocenters. The van der Waals surface area contributed by atoms with Crippen LogP contribution in [0.25, 0.3) is 22.7 Å². The minimum atomic E-state index is -5.43. The van der Waals surface area contributed by atoms with E-state index >= 15 is 0 Å². The van der Waals surface area contributed by atoms with Crippen LogP contribution in [0.2, 0.25) is 0 Å². The molecule has 182 valence electrons. The van der Waals surface area contributed by atoms with E-state index in [9.17, 15) is 23.7 Å². The van der Waals surface area contributed by atoms with Crippen LogP contribution in [-0.4, -0.2) is 50.8 Å². The van der Waals surface area contributed by atoms with Crippen LogP contribution in [-0.2, 0) is 13.4 Å². The number of phosphoric ester groups is 2. The summed E-state index contributed by atoms with van der Waals surface area (Å²) in [6.45, 7) is 7.02. The minimum Gasteiger partial charge on any atom is -0.746 e. The van der Waals surface area contributed by atoms with Gasteiger partial charge in [0, 0.05) is 19.5 Å². The van der Waals surface area contributed by atoms with Gasteiger partial charge < -0.3 is 33.2 Å². The molecule has 3 aromatic rings. The second-order valence-corrected chi connectivity index (χ2v) is 10.2. The fraction of sp³-hybridized carbons (Fsp3) is 0.333. The molecule has 1 aromatic carbocycles. The number of hydrogen-bond donors (Lipinski definition) is 1. The van der Waals surface area contributed by atoms with Gasteiger partial charge in [-0.3, -0.25) is 13.9 Å². The Kier molecular flexibility index (Phi) is 7.82. The van der Waals surface area contributed by atoms with Gasteiger partial charge in [0.15, 0.2) is 11.5 Å². The van der Waals surface area contributed by atoms with E-state index in [1.807, 2.05) is 0 Å². The first-order chi connectivity index (χ1) is 15.9. The third-order valence-electron chi connectivity index (χ3n) is 4.59. The van der Waals surface area contributed by atoms with Crippen LogP contribution in [0.4, 0.5) is 0 Å². The predicted octanol–water partition coefficient (Wildman–Crippen LogP) is 1.92. The molecule has 1 N–H and O–H groups in total. The number of amides is 1. The summed E-state index contributed by atoms with van der Waals surface area (Å²) < 4.78 is 48.5. The van der Waals surface area contributed by atoms with E-state index in [-0.39, 0.29) is 75.6 Å². The molecule has 0 radical (unpaired) electrons. The van der Waals surface area contributed by atoms with Crippen LogP contribution in [0.15, 0.2) is 21.2 Å². The van der Waals surface area contributed by atoms with Crippen LogP contribution >= 0.6 is 15.6 Å². The summed E-state index contributed by atoms with van der Waals surface area (Å²) in [6.07, 6.45) is 0. The van der Waals surface area contributed by atoms with Gasteiger partial charge in [-0.25, -0.2) is 4.31 Å². The number of fused-ring (bicyclic) bond motifs is 2. The zero-order valence-electron chi connectivity index (χ0n) is 19.0. The smallest absolute Gasteiger partial charge is 0.746 e. The van der Waals surface area contributed by atoms with Gasteiger partial charge in [-0.1, -0.05) is 24.2 Å². The summed E-state index contributed by atoms with van der Waals surface area (Å²) in [4.78, 5) is 40.9. The van der Waals surface area contributed by atoms with Gasteiger partial charge in [-0.05, 0) is 24.5 Å². The fourth-order valence-electron chi connectivity index (χ4n) is 3.24. The van der Waals surface area contributed by atoms with Crippen LogP contribution in [0, 0.1) is 6.92 Å². The number of aryl methyl sites for hydroxylation is 1. The first-order valence-corrected chi connectivity index (χ1v) is 12.8. The Balaban J connectivity index is 0.00000342. The Morgan fingerprint density at radius 1 is 1.09 bits per heavy atom. The Bertz CT molecular complexity index is 1370. The van der Waals surface area contributed by atoms with E-state index in [1.165, 1.54) is 13.0 Å². The average Bonchev–Trinajstić information content (AvgIpc) is 3.31. The van der Waals surface area contributed by atoms with Gasteiger partial charge in [-0.2, -0.15) is 4.98 Å². The van der Waals surface area contributed by atoms with Gasteiger partial charge in [-0.15, -0.1) is 0 Å². The van der Waals surface area contributed by atoms with Crippen molar-refractivity contribution in [2.75, 3.05) is 6.54 Å². The number of aromatic nitrogens is 3. The Morgan fingerprint density at radius 3 is 2.31 bits per heavy atom. The van der Waals surface area contributed by atoms with Crippen molar-refractivity contribution >= 4 is 44.6 Å². The predicted molar refractivity (Wildman–Crippen MR) is 115 cm³/mol. The number of carbonyl (C=O) groups excluding carboxylic acids is 1. The summed E-state index contributed by atoms with van der Waals surface area (Å²) >= 11 is 0. The molecule has 2 bridgehead atoms. The molecule has 3 heterocycles. The van der Waals surface area contributed by atoms with Crippen LogP contribution in [0.1, 0.15) is 48.6 Å². The zero-order chi connectivity index (χ0) is 24.8. The average molecular weight is 537 g/mol. The summed E-state index contributed by atoms with van der Waals surface area (Å²) in [5.74, 6) is -1.49. The van der Waals surface area contributed by atoms with Gasteiger partial charge in [0.2, 0.25) is 11.7 Å². The molecule has 4 rings (SSSR count). The van der Waals surface area contributed by atoms with E-state index in [0.717, 1.165) is 6.07 Å². The van der Waals surface area contributed by atoms with E-state index in [4.69, 9.17) is 18.1 Å². The van der Waals surface area contributed by atoms with Gasteiger partial charge in [0.05, 0.1) is 5.56 Å². The maximum Gasteiger partial charge on any atom is 2.00 e. The minimum absolute atomic E-state index is 0. The topological polar surface area (TPSA) is 202 Å². The van der Waals surface area contributed by atoms with Crippen molar-refractivity contribution in [1.29, 1.82) is 0 Å². The Morgan fingerprint density at radius 2 is 1.74 bits per heavy atom. The number of nitrogens with one attached hydrogen (secondary N) is 1. The second kappa shape index (κ2) is 10.0. The molecule has 0 fully saturated rings. The molecule has 1 amide bonds. The molecule has 14 nitrogen and oxygen atoms in total. The van der Waals surface area contributed by atoms with Crippen molar-refractivity contribution in [3.05, 3.63) is 29.3 Å². The van der Waals surface area contributed by atoms with E-state index in [2.05, 4.69) is 24.9 Å². The largest absolute Gasteiger partial charge is 2.00 e.